The van der Waals surface area contributed by atoms with E-state index in [0.717, 1.165) is 44.0 Å². The van der Waals surface area contributed by atoms with Gasteiger partial charge in [0.05, 0.1) is 12.2 Å². The largest absolute Gasteiger partial charge is 0.299 e. The Labute approximate surface area is 146 Å². The topological polar surface area (TPSA) is 77.5 Å². The maximum atomic E-state index is 4.23. The molecule has 130 valence electrons. The predicted molar refractivity (Wildman–Crippen MR) is 92.1 cm³/mol. The Kier molecular flexibility index (Phi) is 4.78. The van der Waals surface area contributed by atoms with Crippen LogP contribution in [0.3, 0.4) is 0 Å². The minimum atomic E-state index is 0.548. The molecule has 0 saturated carbocycles. The molecule has 0 aliphatic carbocycles. The summed E-state index contributed by atoms with van der Waals surface area (Å²) in [6, 6.07) is 10.6. The summed E-state index contributed by atoms with van der Waals surface area (Å²) in [7, 11) is 0. The number of rotatable bonds is 7. The maximum absolute atomic E-state index is 4.23. The lowest BCUT2D eigenvalue weighted by molar-refractivity contribution is 0.224. The second-order valence-corrected chi connectivity index (χ2v) is 6.40. The Bertz CT molecular complexity index is 767. The van der Waals surface area contributed by atoms with Gasteiger partial charge < -0.3 is 0 Å². The van der Waals surface area contributed by atoms with Crippen LogP contribution in [0.25, 0.3) is 5.69 Å². The van der Waals surface area contributed by atoms with Gasteiger partial charge in [0.2, 0.25) is 0 Å². The van der Waals surface area contributed by atoms with Crippen molar-refractivity contribution >= 4 is 0 Å². The van der Waals surface area contributed by atoms with Gasteiger partial charge in [-0.25, -0.2) is 4.98 Å². The summed E-state index contributed by atoms with van der Waals surface area (Å²) in [4.78, 5) is 6.59. The van der Waals surface area contributed by atoms with Gasteiger partial charge in [-0.1, -0.05) is 18.2 Å². The van der Waals surface area contributed by atoms with Crippen molar-refractivity contribution in [1.29, 1.82) is 0 Å². The minimum Gasteiger partial charge on any atom is -0.299 e. The van der Waals surface area contributed by atoms with Crippen LogP contribution in [0.15, 0.2) is 43.0 Å². The third-order valence-electron chi connectivity index (χ3n) is 4.74. The SMILES string of the molecule is c1ccc(-n2nnnc2CCCN2CCCC2Cn2cncn2)cc1. The molecule has 1 atom stereocenters. The van der Waals surface area contributed by atoms with Crippen molar-refractivity contribution in [1.82, 2.24) is 39.9 Å². The Morgan fingerprint density at radius 2 is 2.08 bits per heavy atom. The van der Waals surface area contributed by atoms with Gasteiger partial charge in [0.15, 0.2) is 5.82 Å². The summed E-state index contributed by atoms with van der Waals surface area (Å²) in [5.41, 5.74) is 1.01. The fraction of sp³-hybridized carbons (Fsp3) is 0.471. The number of aromatic nitrogens is 7. The zero-order valence-corrected chi connectivity index (χ0v) is 14.1. The van der Waals surface area contributed by atoms with Crippen molar-refractivity contribution in [3.05, 3.63) is 48.8 Å². The van der Waals surface area contributed by atoms with Crippen molar-refractivity contribution < 1.29 is 0 Å². The van der Waals surface area contributed by atoms with E-state index in [-0.39, 0.29) is 0 Å². The average Bonchev–Trinajstić information content (AvgIpc) is 3.39. The molecule has 0 bridgehead atoms. The standard InChI is InChI=1S/C17H22N8/c1-2-6-15(7-3-1)25-17(20-21-22-25)9-5-11-23-10-4-8-16(23)12-24-14-18-13-19-24/h1-3,6-7,13-14,16H,4-5,8-12H2. The average molecular weight is 338 g/mol. The van der Waals surface area contributed by atoms with Crippen LogP contribution in [0.4, 0.5) is 0 Å². The molecule has 2 aromatic heterocycles. The summed E-state index contributed by atoms with van der Waals surface area (Å²) < 4.78 is 3.76. The fourth-order valence-electron chi connectivity index (χ4n) is 3.51. The number of tetrazole rings is 1. The molecule has 1 saturated heterocycles. The Morgan fingerprint density at radius 1 is 1.16 bits per heavy atom. The van der Waals surface area contributed by atoms with Crippen molar-refractivity contribution in [2.45, 2.75) is 38.3 Å². The first-order valence-electron chi connectivity index (χ1n) is 8.79. The molecule has 4 rings (SSSR count). The van der Waals surface area contributed by atoms with E-state index < -0.39 is 0 Å². The molecule has 0 radical (unpaired) electrons. The molecule has 0 N–H and O–H groups in total. The molecule has 3 aromatic rings. The Hall–Kier alpha value is -2.61. The molecule has 1 aliphatic heterocycles. The van der Waals surface area contributed by atoms with E-state index in [2.05, 4.69) is 30.5 Å². The van der Waals surface area contributed by atoms with E-state index in [9.17, 15) is 0 Å². The maximum Gasteiger partial charge on any atom is 0.156 e. The van der Waals surface area contributed by atoms with Crippen molar-refractivity contribution in [2.75, 3.05) is 13.1 Å². The molecule has 1 aliphatic rings. The zero-order chi connectivity index (χ0) is 16.9. The van der Waals surface area contributed by atoms with Crippen LogP contribution in [0.1, 0.15) is 25.1 Å². The first-order valence-corrected chi connectivity index (χ1v) is 8.79. The van der Waals surface area contributed by atoms with Crippen LogP contribution in [-0.2, 0) is 13.0 Å². The fourth-order valence-corrected chi connectivity index (χ4v) is 3.51. The number of nitrogens with zero attached hydrogens (tertiary/aromatic N) is 8. The van der Waals surface area contributed by atoms with E-state index >= 15 is 0 Å². The van der Waals surface area contributed by atoms with Crippen LogP contribution in [0.5, 0.6) is 0 Å². The number of aryl methyl sites for hydroxylation is 1. The van der Waals surface area contributed by atoms with Gasteiger partial charge in [0, 0.05) is 12.5 Å². The monoisotopic (exact) mass is 338 g/mol. The summed E-state index contributed by atoms with van der Waals surface area (Å²) >= 11 is 0. The summed E-state index contributed by atoms with van der Waals surface area (Å²) in [5.74, 6) is 0.915. The number of benzene rings is 1. The van der Waals surface area contributed by atoms with Gasteiger partial charge >= 0.3 is 0 Å². The molecular formula is C17H22N8. The van der Waals surface area contributed by atoms with E-state index in [1.54, 1.807) is 12.7 Å². The molecule has 1 unspecified atom stereocenters. The second-order valence-electron chi connectivity index (χ2n) is 6.40. The van der Waals surface area contributed by atoms with Gasteiger partial charge in [-0.05, 0) is 54.9 Å². The van der Waals surface area contributed by atoms with Crippen LogP contribution in [0, 0.1) is 0 Å². The first kappa shape index (κ1) is 15.9. The summed E-state index contributed by atoms with van der Waals surface area (Å²) in [5, 5.41) is 16.4. The first-order chi connectivity index (χ1) is 12.4. The number of para-hydroxylation sites is 1. The van der Waals surface area contributed by atoms with Crippen LogP contribution >= 0.6 is 0 Å². The highest BCUT2D eigenvalue weighted by molar-refractivity contribution is 5.30. The molecule has 0 spiro atoms. The van der Waals surface area contributed by atoms with Crippen LogP contribution in [-0.4, -0.2) is 59.0 Å². The van der Waals surface area contributed by atoms with Crippen molar-refractivity contribution in [3.8, 4) is 5.69 Å². The molecular weight excluding hydrogens is 316 g/mol. The smallest absolute Gasteiger partial charge is 0.156 e. The van der Waals surface area contributed by atoms with Gasteiger partial charge in [-0.15, -0.1) is 5.10 Å². The second kappa shape index (κ2) is 7.52. The number of hydrogen-bond donors (Lipinski definition) is 0. The highest BCUT2D eigenvalue weighted by Crippen LogP contribution is 2.19. The third-order valence-corrected chi connectivity index (χ3v) is 4.74. The predicted octanol–water partition coefficient (Wildman–Crippen LogP) is 1.35. The van der Waals surface area contributed by atoms with Gasteiger partial charge in [0.25, 0.3) is 0 Å². The highest BCUT2D eigenvalue weighted by atomic mass is 15.5. The lowest BCUT2D eigenvalue weighted by Gasteiger charge is -2.24. The molecule has 0 amide bonds. The summed E-state index contributed by atoms with van der Waals surface area (Å²) in [6.45, 7) is 3.13. The molecule has 8 nitrogen and oxygen atoms in total. The highest BCUT2D eigenvalue weighted by Gasteiger charge is 2.24. The Morgan fingerprint density at radius 3 is 2.92 bits per heavy atom. The lowest BCUT2D eigenvalue weighted by atomic mass is 10.2. The van der Waals surface area contributed by atoms with E-state index in [0.29, 0.717) is 6.04 Å². The normalized spacial score (nSPS) is 18.0. The van der Waals surface area contributed by atoms with E-state index in [1.807, 2.05) is 39.7 Å². The van der Waals surface area contributed by atoms with Crippen LogP contribution < -0.4 is 0 Å². The lowest BCUT2D eigenvalue weighted by Crippen LogP contribution is -2.34. The molecule has 1 aromatic carbocycles. The van der Waals surface area contributed by atoms with Crippen molar-refractivity contribution in [2.24, 2.45) is 0 Å². The van der Waals surface area contributed by atoms with Gasteiger partial charge in [0.1, 0.15) is 12.7 Å². The molecule has 25 heavy (non-hydrogen) atoms. The minimum absolute atomic E-state index is 0.548. The van der Waals surface area contributed by atoms with Gasteiger partial charge in [-0.2, -0.15) is 9.78 Å². The number of hydrogen-bond acceptors (Lipinski definition) is 6. The zero-order valence-electron chi connectivity index (χ0n) is 14.1. The summed E-state index contributed by atoms with van der Waals surface area (Å²) in [6.07, 6.45) is 7.78. The molecule has 3 heterocycles. The van der Waals surface area contributed by atoms with E-state index in [1.165, 1.54) is 12.8 Å². The molecule has 8 heteroatoms. The third kappa shape index (κ3) is 3.74. The van der Waals surface area contributed by atoms with E-state index in [4.69, 9.17) is 0 Å². The van der Waals surface area contributed by atoms with Crippen LogP contribution in [0.2, 0.25) is 0 Å². The number of likely N-dealkylation sites (tertiary alicyclic amines) is 1. The van der Waals surface area contributed by atoms with Gasteiger partial charge in [-0.3, -0.25) is 9.58 Å². The molecule has 1 fully saturated rings. The van der Waals surface area contributed by atoms with Crippen molar-refractivity contribution in [3.63, 3.8) is 0 Å². The quantitative estimate of drug-likeness (QED) is 0.647. The Balaban J connectivity index is 1.33.